The molecule has 2 rings (SSSR count). The van der Waals surface area contributed by atoms with Gasteiger partial charge in [0.25, 0.3) is 10.0 Å². The van der Waals surface area contributed by atoms with Crippen molar-refractivity contribution < 1.29 is 8.42 Å². The lowest BCUT2D eigenvalue weighted by Crippen LogP contribution is -2.40. The second kappa shape index (κ2) is 6.12. The molecular formula is C14H15Br2NO2S2. The molecule has 114 valence electrons. The molecular weight excluding hydrogens is 438 g/mol. The first-order valence-electron chi connectivity index (χ1n) is 6.18. The number of halogens is 2. The largest absolute Gasteiger partial charge is 0.250 e. The summed E-state index contributed by atoms with van der Waals surface area (Å²) < 4.78 is 29.9. The third kappa shape index (κ3) is 3.96. The van der Waals surface area contributed by atoms with Gasteiger partial charge in [0.15, 0.2) is 0 Å². The highest BCUT2D eigenvalue weighted by atomic mass is 79.9. The van der Waals surface area contributed by atoms with Crippen LogP contribution in [0.5, 0.6) is 0 Å². The molecule has 0 radical (unpaired) electrons. The van der Waals surface area contributed by atoms with E-state index in [4.69, 9.17) is 0 Å². The number of hydrogen-bond donors (Lipinski definition) is 1. The molecule has 0 saturated carbocycles. The van der Waals surface area contributed by atoms with Gasteiger partial charge in [-0.25, -0.2) is 13.1 Å². The van der Waals surface area contributed by atoms with Crippen molar-refractivity contribution >= 4 is 53.2 Å². The highest BCUT2D eigenvalue weighted by Crippen LogP contribution is 2.32. The fourth-order valence-corrected chi connectivity index (χ4v) is 5.77. The van der Waals surface area contributed by atoms with E-state index < -0.39 is 15.6 Å². The van der Waals surface area contributed by atoms with Crippen molar-refractivity contribution in [3.05, 3.63) is 49.7 Å². The fraction of sp³-hybridized carbons (Fsp3) is 0.286. The lowest BCUT2D eigenvalue weighted by Gasteiger charge is -2.26. The average Bonchev–Trinajstić information content (AvgIpc) is 2.70. The van der Waals surface area contributed by atoms with Crippen LogP contribution in [0.3, 0.4) is 0 Å². The molecule has 0 fully saturated rings. The summed E-state index contributed by atoms with van der Waals surface area (Å²) >= 11 is 7.96. The van der Waals surface area contributed by atoms with Crippen LogP contribution in [0, 0.1) is 6.92 Å². The molecule has 1 aromatic carbocycles. The minimum absolute atomic E-state index is 0.317. The molecule has 0 atom stereocenters. The molecule has 1 heterocycles. The third-order valence-corrected chi connectivity index (χ3v) is 7.85. The fourth-order valence-electron chi connectivity index (χ4n) is 1.88. The second-order valence-corrected chi connectivity index (χ2v) is 10.5. The maximum atomic E-state index is 12.5. The Bertz CT molecular complexity index is 730. The number of aryl methyl sites for hydroxylation is 1. The molecule has 1 aromatic heterocycles. The van der Waals surface area contributed by atoms with Gasteiger partial charge in [-0.15, -0.1) is 11.3 Å². The van der Waals surface area contributed by atoms with Crippen LogP contribution in [0.1, 0.15) is 25.0 Å². The van der Waals surface area contributed by atoms with E-state index in [-0.39, 0.29) is 0 Å². The Morgan fingerprint density at radius 2 is 1.71 bits per heavy atom. The highest BCUT2D eigenvalue weighted by molar-refractivity contribution is 9.11. The Morgan fingerprint density at radius 3 is 2.19 bits per heavy atom. The summed E-state index contributed by atoms with van der Waals surface area (Å²) in [6.45, 7) is 5.58. The number of rotatable bonds is 4. The van der Waals surface area contributed by atoms with E-state index in [0.717, 1.165) is 19.4 Å². The highest BCUT2D eigenvalue weighted by Gasteiger charge is 2.29. The molecule has 21 heavy (non-hydrogen) atoms. The lowest BCUT2D eigenvalue weighted by molar-refractivity contribution is 0.473. The van der Waals surface area contributed by atoms with Crippen LogP contribution in [0.15, 0.2) is 42.8 Å². The predicted octanol–water partition coefficient (Wildman–Crippen LogP) is 4.80. The minimum atomic E-state index is -3.55. The van der Waals surface area contributed by atoms with E-state index in [9.17, 15) is 8.42 Å². The van der Waals surface area contributed by atoms with Gasteiger partial charge in [0, 0.05) is 4.47 Å². The molecule has 0 spiro atoms. The Labute approximate surface area is 146 Å². The molecule has 0 saturated heterocycles. The molecule has 2 aromatic rings. The molecule has 0 aliphatic rings. The second-order valence-electron chi connectivity index (χ2n) is 5.26. The Balaban J connectivity index is 2.32. The molecule has 0 aliphatic carbocycles. The Kier molecular flexibility index (Phi) is 5.00. The SMILES string of the molecule is Cc1cc(S(=O)(=O)NC(C)(C)c2ccc(Br)cc2)sc1Br. The first-order valence-corrected chi connectivity index (χ1v) is 10.1. The number of hydrogen-bond acceptors (Lipinski definition) is 3. The van der Waals surface area contributed by atoms with Crippen LogP contribution < -0.4 is 4.72 Å². The van der Waals surface area contributed by atoms with Crippen LogP contribution in [-0.4, -0.2) is 8.42 Å². The van der Waals surface area contributed by atoms with Crippen molar-refractivity contribution in [3.8, 4) is 0 Å². The summed E-state index contributed by atoms with van der Waals surface area (Å²) in [5, 5.41) is 0. The van der Waals surface area contributed by atoms with Gasteiger partial charge in [-0.2, -0.15) is 0 Å². The number of benzene rings is 1. The maximum absolute atomic E-state index is 12.5. The summed E-state index contributed by atoms with van der Waals surface area (Å²) in [4.78, 5) is 0. The van der Waals surface area contributed by atoms with Crippen LogP contribution in [0.2, 0.25) is 0 Å². The van der Waals surface area contributed by atoms with Gasteiger partial charge in [-0.05, 0) is 66.0 Å². The summed E-state index contributed by atoms with van der Waals surface area (Å²) in [7, 11) is -3.55. The zero-order chi connectivity index (χ0) is 15.8. The normalized spacial score (nSPS) is 12.6. The van der Waals surface area contributed by atoms with Crippen molar-refractivity contribution in [2.75, 3.05) is 0 Å². The summed E-state index contributed by atoms with van der Waals surface area (Å²) in [5.41, 5.74) is 1.13. The Hall–Kier alpha value is -0.210. The lowest BCUT2D eigenvalue weighted by atomic mass is 9.96. The average molecular weight is 453 g/mol. The standard InChI is InChI=1S/C14H15Br2NO2S2/c1-9-8-12(20-13(9)16)21(18,19)17-14(2,3)10-4-6-11(15)7-5-10/h4-8,17H,1-3H3. The van der Waals surface area contributed by atoms with Crippen LogP contribution >= 0.6 is 43.2 Å². The van der Waals surface area contributed by atoms with Gasteiger partial charge >= 0.3 is 0 Å². The summed E-state index contributed by atoms with van der Waals surface area (Å²) in [6, 6.07) is 9.29. The van der Waals surface area contributed by atoms with E-state index in [2.05, 4.69) is 36.6 Å². The smallest absolute Gasteiger partial charge is 0.206 e. The van der Waals surface area contributed by atoms with Gasteiger partial charge in [-0.1, -0.05) is 28.1 Å². The van der Waals surface area contributed by atoms with Crippen LogP contribution in [-0.2, 0) is 15.6 Å². The molecule has 1 N–H and O–H groups in total. The van der Waals surface area contributed by atoms with Gasteiger partial charge in [-0.3, -0.25) is 0 Å². The molecule has 7 heteroatoms. The van der Waals surface area contributed by atoms with Crippen molar-refractivity contribution in [2.45, 2.75) is 30.5 Å². The number of nitrogens with one attached hydrogen (secondary N) is 1. The molecule has 0 unspecified atom stereocenters. The van der Waals surface area contributed by atoms with Gasteiger partial charge < -0.3 is 0 Å². The van der Waals surface area contributed by atoms with Crippen molar-refractivity contribution in [1.29, 1.82) is 0 Å². The predicted molar refractivity (Wildman–Crippen MR) is 94.2 cm³/mol. The quantitative estimate of drug-likeness (QED) is 0.724. The zero-order valence-electron chi connectivity index (χ0n) is 11.8. The van der Waals surface area contributed by atoms with E-state index >= 15 is 0 Å². The Morgan fingerprint density at radius 1 is 1.14 bits per heavy atom. The first-order chi connectivity index (χ1) is 9.62. The molecule has 0 amide bonds. The molecule has 3 nitrogen and oxygen atoms in total. The first kappa shape index (κ1) is 17.1. The van der Waals surface area contributed by atoms with Crippen molar-refractivity contribution in [2.24, 2.45) is 0 Å². The molecule has 0 bridgehead atoms. The molecule has 0 aliphatic heterocycles. The number of sulfonamides is 1. The minimum Gasteiger partial charge on any atom is -0.206 e. The van der Waals surface area contributed by atoms with Gasteiger partial charge in [0.2, 0.25) is 0 Å². The number of thiophene rings is 1. The topological polar surface area (TPSA) is 46.2 Å². The van der Waals surface area contributed by atoms with Crippen molar-refractivity contribution in [3.63, 3.8) is 0 Å². The third-order valence-electron chi connectivity index (χ3n) is 3.05. The van der Waals surface area contributed by atoms with Gasteiger partial charge in [0.05, 0.1) is 9.33 Å². The maximum Gasteiger partial charge on any atom is 0.250 e. The van der Waals surface area contributed by atoms with Crippen molar-refractivity contribution in [1.82, 2.24) is 4.72 Å². The monoisotopic (exact) mass is 451 g/mol. The van der Waals surface area contributed by atoms with Crippen LogP contribution in [0.4, 0.5) is 0 Å². The van der Waals surface area contributed by atoms with E-state index in [1.54, 1.807) is 6.07 Å². The summed E-state index contributed by atoms with van der Waals surface area (Å²) in [5.74, 6) is 0. The van der Waals surface area contributed by atoms with E-state index in [1.807, 2.05) is 45.0 Å². The van der Waals surface area contributed by atoms with E-state index in [1.165, 1.54) is 11.3 Å². The van der Waals surface area contributed by atoms with Crippen LogP contribution in [0.25, 0.3) is 0 Å². The summed E-state index contributed by atoms with van der Waals surface area (Å²) in [6.07, 6.45) is 0. The van der Waals surface area contributed by atoms with Gasteiger partial charge in [0.1, 0.15) is 4.21 Å². The van der Waals surface area contributed by atoms with E-state index in [0.29, 0.717) is 4.21 Å². The zero-order valence-corrected chi connectivity index (χ0v) is 16.6.